The van der Waals surface area contributed by atoms with E-state index in [2.05, 4.69) is 41.5 Å². The Kier molecular flexibility index (Phi) is 12.0. The maximum absolute atomic E-state index is 9.89. The highest BCUT2D eigenvalue weighted by Gasteiger charge is 2.04. The van der Waals surface area contributed by atoms with Crippen LogP contribution in [0.4, 0.5) is 11.4 Å². The van der Waals surface area contributed by atoms with Gasteiger partial charge in [0.15, 0.2) is 0 Å². The third-order valence-electron chi connectivity index (χ3n) is 5.32. The van der Waals surface area contributed by atoms with Gasteiger partial charge in [-0.1, -0.05) is 75.1 Å². The molecule has 0 saturated heterocycles. The first-order valence-corrected chi connectivity index (χ1v) is 11.8. The molecule has 1 N–H and O–H groups in total. The van der Waals surface area contributed by atoms with E-state index in [0.29, 0.717) is 5.75 Å². The second-order valence-corrected chi connectivity index (χ2v) is 8.07. The Bertz CT molecular complexity index is 852. The Labute approximate surface area is 188 Å². The Morgan fingerprint density at radius 1 is 0.774 bits per heavy atom. The maximum atomic E-state index is 9.89. The third-order valence-corrected chi connectivity index (χ3v) is 5.32. The van der Waals surface area contributed by atoms with Crippen molar-refractivity contribution in [3.63, 3.8) is 0 Å². The number of unbranched alkanes of at least 4 members (excludes halogenated alkanes) is 6. The molecule has 166 valence electrons. The first-order chi connectivity index (χ1) is 15.2. The molecule has 0 unspecified atom stereocenters. The molecular formula is C28H38N2O. The average molecular weight is 419 g/mol. The number of nitrogens with zero attached hydrogens (tertiary/aromatic N) is 2. The minimum atomic E-state index is 0.293. The molecule has 2 aromatic rings. The van der Waals surface area contributed by atoms with Crippen molar-refractivity contribution in [3.8, 4) is 5.75 Å². The summed E-state index contributed by atoms with van der Waals surface area (Å²) in [5, 5.41) is 18.8. The number of hydrogen-bond donors (Lipinski definition) is 1. The second kappa shape index (κ2) is 15.2. The van der Waals surface area contributed by atoms with Crippen LogP contribution in [0.15, 0.2) is 77.0 Å². The van der Waals surface area contributed by atoms with E-state index in [1.807, 2.05) is 43.3 Å². The summed E-state index contributed by atoms with van der Waals surface area (Å²) in [7, 11) is 0. The van der Waals surface area contributed by atoms with Crippen molar-refractivity contribution in [2.75, 3.05) is 0 Å². The SMILES string of the molecule is CCC/C=C/C/C=C/CCCCCCCc1cc(O)ccc1N=Nc1ccccc1C. The molecule has 0 radical (unpaired) electrons. The first-order valence-electron chi connectivity index (χ1n) is 11.8. The highest BCUT2D eigenvalue weighted by atomic mass is 16.3. The Morgan fingerprint density at radius 2 is 1.48 bits per heavy atom. The maximum Gasteiger partial charge on any atom is 0.116 e. The lowest BCUT2D eigenvalue weighted by Gasteiger charge is -2.06. The number of benzene rings is 2. The lowest BCUT2D eigenvalue weighted by atomic mass is 10.0. The summed E-state index contributed by atoms with van der Waals surface area (Å²) in [5.41, 5.74) is 3.90. The highest BCUT2D eigenvalue weighted by molar-refractivity contribution is 5.51. The topological polar surface area (TPSA) is 45.0 Å². The molecule has 2 aromatic carbocycles. The monoisotopic (exact) mass is 418 g/mol. The van der Waals surface area contributed by atoms with Gasteiger partial charge in [0.25, 0.3) is 0 Å². The van der Waals surface area contributed by atoms with Gasteiger partial charge in [0.05, 0.1) is 11.4 Å². The van der Waals surface area contributed by atoms with Crippen molar-refractivity contribution in [3.05, 3.63) is 77.9 Å². The van der Waals surface area contributed by atoms with Gasteiger partial charge in [-0.25, -0.2) is 0 Å². The minimum absolute atomic E-state index is 0.293. The van der Waals surface area contributed by atoms with Gasteiger partial charge < -0.3 is 5.11 Å². The lowest BCUT2D eigenvalue weighted by molar-refractivity contribution is 0.474. The zero-order valence-corrected chi connectivity index (χ0v) is 19.3. The Hall–Kier alpha value is -2.68. The molecule has 0 amide bonds. The molecule has 2 rings (SSSR count). The molecule has 0 aliphatic heterocycles. The molecule has 0 fully saturated rings. The van der Waals surface area contributed by atoms with Crippen molar-refractivity contribution in [1.82, 2.24) is 0 Å². The molecular weight excluding hydrogens is 380 g/mol. The van der Waals surface area contributed by atoms with Crippen LogP contribution in [0.25, 0.3) is 0 Å². The number of phenolic OH excluding ortho intramolecular Hbond substituents is 1. The van der Waals surface area contributed by atoms with Gasteiger partial charge in [0.1, 0.15) is 5.75 Å². The first kappa shape index (κ1) is 24.6. The zero-order valence-electron chi connectivity index (χ0n) is 19.3. The number of hydrogen-bond acceptors (Lipinski definition) is 3. The van der Waals surface area contributed by atoms with Crippen LogP contribution < -0.4 is 0 Å². The minimum Gasteiger partial charge on any atom is -0.508 e. The molecule has 3 heteroatoms. The lowest BCUT2D eigenvalue weighted by Crippen LogP contribution is -1.87. The van der Waals surface area contributed by atoms with E-state index < -0.39 is 0 Å². The number of aromatic hydroxyl groups is 1. The van der Waals surface area contributed by atoms with Crippen LogP contribution in [0.5, 0.6) is 5.75 Å². The van der Waals surface area contributed by atoms with Crippen LogP contribution in [0.2, 0.25) is 0 Å². The quantitative estimate of drug-likeness (QED) is 0.185. The van der Waals surface area contributed by atoms with Crippen LogP contribution in [-0.2, 0) is 6.42 Å². The summed E-state index contributed by atoms with van der Waals surface area (Å²) in [6.07, 6.45) is 20.8. The number of azo groups is 1. The van der Waals surface area contributed by atoms with E-state index in [0.717, 1.165) is 41.8 Å². The third kappa shape index (κ3) is 10.3. The van der Waals surface area contributed by atoms with Crippen LogP contribution in [0.3, 0.4) is 0 Å². The van der Waals surface area contributed by atoms with Gasteiger partial charge in [-0.3, -0.25) is 0 Å². The summed E-state index contributed by atoms with van der Waals surface area (Å²) in [5.74, 6) is 0.293. The molecule has 0 aliphatic rings. The van der Waals surface area contributed by atoms with Crippen molar-refractivity contribution < 1.29 is 5.11 Å². The standard InChI is InChI=1S/C28H38N2O/c1-3-4-5-6-7-8-9-10-11-12-13-14-15-19-25-23-26(31)21-22-28(25)30-29-27-20-17-16-18-24(27)2/h5-6,8-9,16-18,20-23,31H,3-4,7,10-15,19H2,1-2H3/b6-5+,9-8+,30-29?. The van der Waals surface area contributed by atoms with Crippen LogP contribution in [0, 0.1) is 6.92 Å². The van der Waals surface area contributed by atoms with Gasteiger partial charge in [0, 0.05) is 0 Å². The summed E-state index contributed by atoms with van der Waals surface area (Å²) in [6, 6.07) is 13.3. The van der Waals surface area contributed by atoms with E-state index in [9.17, 15) is 5.11 Å². The summed E-state index contributed by atoms with van der Waals surface area (Å²) < 4.78 is 0. The van der Waals surface area contributed by atoms with Crippen molar-refractivity contribution in [2.45, 2.75) is 78.1 Å². The fourth-order valence-electron chi connectivity index (χ4n) is 3.43. The number of rotatable bonds is 14. The van der Waals surface area contributed by atoms with E-state index >= 15 is 0 Å². The molecule has 0 saturated carbocycles. The molecule has 0 spiro atoms. The second-order valence-electron chi connectivity index (χ2n) is 8.07. The predicted molar refractivity (Wildman–Crippen MR) is 133 cm³/mol. The largest absolute Gasteiger partial charge is 0.508 e. The fraction of sp³-hybridized carbons (Fsp3) is 0.429. The Balaban J connectivity index is 1.69. The van der Waals surface area contributed by atoms with E-state index in [1.165, 1.54) is 44.9 Å². The molecule has 0 aromatic heterocycles. The predicted octanol–water partition coefficient (Wildman–Crippen LogP) is 9.30. The molecule has 3 nitrogen and oxygen atoms in total. The van der Waals surface area contributed by atoms with Crippen LogP contribution in [-0.4, -0.2) is 5.11 Å². The van der Waals surface area contributed by atoms with Gasteiger partial charge in [-0.2, -0.15) is 10.2 Å². The van der Waals surface area contributed by atoms with Crippen LogP contribution >= 0.6 is 0 Å². The van der Waals surface area contributed by atoms with Crippen molar-refractivity contribution in [2.24, 2.45) is 10.2 Å². The van der Waals surface area contributed by atoms with Crippen molar-refractivity contribution >= 4 is 11.4 Å². The average Bonchev–Trinajstić information content (AvgIpc) is 2.77. The Morgan fingerprint density at radius 3 is 2.29 bits per heavy atom. The van der Waals surface area contributed by atoms with Crippen LogP contribution in [0.1, 0.15) is 75.8 Å². The molecule has 0 heterocycles. The summed E-state index contributed by atoms with van der Waals surface area (Å²) in [6.45, 7) is 4.24. The fourth-order valence-corrected chi connectivity index (χ4v) is 3.43. The summed E-state index contributed by atoms with van der Waals surface area (Å²) in [4.78, 5) is 0. The van der Waals surface area contributed by atoms with Crippen molar-refractivity contribution in [1.29, 1.82) is 0 Å². The number of phenols is 1. The zero-order chi connectivity index (χ0) is 22.2. The van der Waals surface area contributed by atoms with Gasteiger partial charge in [-0.05, 0) is 80.8 Å². The molecule has 0 bridgehead atoms. The van der Waals surface area contributed by atoms with E-state index in [1.54, 1.807) is 6.07 Å². The molecule has 0 aliphatic carbocycles. The number of aryl methyl sites for hydroxylation is 2. The van der Waals surface area contributed by atoms with E-state index in [4.69, 9.17) is 0 Å². The van der Waals surface area contributed by atoms with Gasteiger partial charge in [0.2, 0.25) is 0 Å². The smallest absolute Gasteiger partial charge is 0.116 e. The number of allylic oxidation sites excluding steroid dienone is 4. The summed E-state index contributed by atoms with van der Waals surface area (Å²) >= 11 is 0. The highest BCUT2D eigenvalue weighted by Crippen LogP contribution is 2.28. The van der Waals surface area contributed by atoms with E-state index in [-0.39, 0.29) is 0 Å². The normalized spacial score (nSPS) is 11.9. The molecule has 0 atom stereocenters. The van der Waals surface area contributed by atoms with Gasteiger partial charge in [-0.15, -0.1) is 0 Å². The molecule has 31 heavy (non-hydrogen) atoms. The van der Waals surface area contributed by atoms with Gasteiger partial charge >= 0.3 is 0 Å².